The van der Waals surface area contributed by atoms with Crippen molar-refractivity contribution in [2.75, 3.05) is 13.2 Å². The van der Waals surface area contributed by atoms with Crippen LogP contribution < -0.4 is 4.89 Å². The monoisotopic (exact) mass is 582 g/mol. The van der Waals surface area contributed by atoms with Crippen LogP contribution in [-0.4, -0.2) is 13.2 Å². The summed E-state index contributed by atoms with van der Waals surface area (Å²) in [5.74, 6) is 0. The van der Waals surface area contributed by atoms with Crippen molar-refractivity contribution in [1.82, 2.24) is 0 Å². The van der Waals surface area contributed by atoms with Crippen molar-refractivity contribution in [3.63, 3.8) is 0 Å². The van der Waals surface area contributed by atoms with Gasteiger partial charge in [0.05, 0.1) is 21.8 Å². The molecule has 0 radical (unpaired) electrons. The fourth-order valence-electron chi connectivity index (χ4n) is 5.01. The molecule has 0 unspecified atom stereocenters. The quantitative estimate of drug-likeness (QED) is 0.0431. The zero-order valence-corrected chi connectivity index (χ0v) is 28.1. The molecule has 3 nitrogen and oxygen atoms in total. The number of rotatable bonds is 34. The third kappa shape index (κ3) is 35.8. The van der Waals surface area contributed by atoms with E-state index in [1.807, 2.05) is 0 Å². The molecule has 4 heteroatoms. The van der Waals surface area contributed by atoms with Gasteiger partial charge < -0.3 is 13.9 Å². The van der Waals surface area contributed by atoms with Crippen LogP contribution in [0.4, 0.5) is 0 Å². The average Bonchev–Trinajstić information content (AvgIpc) is 2.96. The fraction of sp³-hybridized carbons (Fsp3) is 0.889. The Bertz CT molecular complexity index is 464. The van der Waals surface area contributed by atoms with Gasteiger partial charge in [-0.25, -0.2) is 0 Å². The second-order valence-electron chi connectivity index (χ2n) is 11.8. The van der Waals surface area contributed by atoms with Crippen molar-refractivity contribution in [1.29, 1.82) is 0 Å². The van der Waals surface area contributed by atoms with Gasteiger partial charge in [-0.05, 0) is 64.2 Å². The van der Waals surface area contributed by atoms with Crippen LogP contribution >= 0.6 is 8.60 Å². The predicted octanol–water partition coefficient (Wildman–Crippen LogP) is 12.7. The Morgan fingerprint density at radius 3 is 0.925 bits per heavy atom. The van der Waals surface area contributed by atoms with Gasteiger partial charge in [-0.3, -0.25) is 0 Å². The van der Waals surface area contributed by atoms with Gasteiger partial charge in [-0.15, -0.1) is 0 Å². The highest BCUT2D eigenvalue weighted by Crippen LogP contribution is 2.28. The summed E-state index contributed by atoms with van der Waals surface area (Å²) in [6.45, 7) is 5.67. The lowest BCUT2D eigenvalue weighted by atomic mass is 10.1. The summed E-state index contributed by atoms with van der Waals surface area (Å²) in [7, 11) is -1.93. The van der Waals surface area contributed by atoms with Gasteiger partial charge in [0.2, 0.25) is 0 Å². The van der Waals surface area contributed by atoms with Crippen LogP contribution in [0, 0.1) is 0 Å². The van der Waals surface area contributed by atoms with Gasteiger partial charge in [0, 0.05) is 0 Å². The first-order valence-electron chi connectivity index (χ1n) is 17.8. The van der Waals surface area contributed by atoms with Crippen molar-refractivity contribution in [2.45, 2.75) is 194 Å². The van der Waals surface area contributed by atoms with Crippen molar-refractivity contribution in [3.8, 4) is 0 Å². The van der Waals surface area contributed by atoms with Gasteiger partial charge >= 0.3 is 0 Å². The minimum absolute atomic E-state index is 0.559. The normalized spacial score (nSPS) is 12.1. The Labute approximate surface area is 253 Å². The van der Waals surface area contributed by atoms with E-state index in [2.05, 4.69) is 38.2 Å². The molecule has 0 atom stereocenters. The molecule has 0 saturated carbocycles. The van der Waals surface area contributed by atoms with Crippen LogP contribution in [-0.2, 0) is 9.05 Å². The number of unbranched alkanes of at least 4 members (excludes halogenated alkanes) is 24. The Kier molecular flexibility index (Phi) is 36.6. The maximum Gasteiger partial charge on any atom is 0.0828 e. The standard InChI is InChI=1S/C36H70O3P/c1-3-5-7-9-11-13-15-17-19-21-23-25-27-29-31-33-35-38-40(37)39-36-34-32-30-28-26-24-22-20-18-16-14-12-10-8-6-4-2/h17-20H,3-16,21-36H2,1-2H3/q-1/b19-17-,20-18-. The van der Waals surface area contributed by atoms with E-state index in [4.69, 9.17) is 9.05 Å². The molecule has 40 heavy (non-hydrogen) atoms. The molecule has 0 aliphatic heterocycles. The molecule has 0 saturated heterocycles. The van der Waals surface area contributed by atoms with Crippen LogP contribution in [0.1, 0.15) is 194 Å². The first-order chi connectivity index (χ1) is 19.8. The minimum atomic E-state index is -1.93. The maximum atomic E-state index is 11.9. The third-order valence-corrected chi connectivity index (χ3v) is 8.49. The van der Waals surface area contributed by atoms with Crippen LogP contribution in [0.15, 0.2) is 24.3 Å². The van der Waals surface area contributed by atoms with E-state index in [0.717, 1.165) is 25.7 Å². The SMILES string of the molecule is CCCCCCCC/C=C\CCCCCCCCOP([O-])OCCCCCCCC/C=C\CCCCCCCC. The summed E-state index contributed by atoms with van der Waals surface area (Å²) in [4.78, 5) is 11.9. The molecule has 0 aromatic rings. The highest BCUT2D eigenvalue weighted by molar-refractivity contribution is 7.39. The molecule has 0 spiro atoms. The molecule has 238 valence electrons. The molecule has 0 aliphatic rings. The number of hydrogen-bond acceptors (Lipinski definition) is 3. The molecule has 0 heterocycles. The van der Waals surface area contributed by atoms with Gasteiger partial charge in [0.15, 0.2) is 0 Å². The zero-order chi connectivity index (χ0) is 29.0. The number of allylic oxidation sites excluding steroid dienone is 4. The minimum Gasteiger partial charge on any atom is -0.786 e. The summed E-state index contributed by atoms with van der Waals surface area (Å²) in [6.07, 6.45) is 45.8. The van der Waals surface area contributed by atoms with E-state index in [9.17, 15) is 4.89 Å². The van der Waals surface area contributed by atoms with E-state index < -0.39 is 8.60 Å². The highest BCUT2D eigenvalue weighted by Gasteiger charge is 1.98. The van der Waals surface area contributed by atoms with Gasteiger partial charge in [-0.1, -0.05) is 154 Å². The maximum absolute atomic E-state index is 11.9. The molecule has 0 amide bonds. The van der Waals surface area contributed by atoms with E-state index in [0.29, 0.717) is 13.2 Å². The largest absolute Gasteiger partial charge is 0.786 e. The first-order valence-corrected chi connectivity index (χ1v) is 18.9. The second-order valence-corrected chi connectivity index (χ2v) is 12.7. The topological polar surface area (TPSA) is 41.5 Å². The summed E-state index contributed by atoms with van der Waals surface area (Å²) < 4.78 is 10.7. The van der Waals surface area contributed by atoms with Crippen LogP contribution in [0.2, 0.25) is 0 Å². The van der Waals surface area contributed by atoms with Crippen LogP contribution in [0.5, 0.6) is 0 Å². The molecule has 0 aromatic heterocycles. The predicted molar refractivity (Wildman–Crippen MR) is 178 cm³/mol. The van der Waals surface area contributed by atoms with E-state index >= 15 is 0 Å². The van der Waals surface area contributed by atoms with Crippen LogP contribution in [0.3, 0.4) is 0 Å². The zero-order valence-electron chi connectivity index (χ0n) is 27.2. The molecule has 0 fully saturated rings. The van der Waals surface area contributed by atoms with Crippen molar-refractivity contribution in [2.24, 2.45) is 0 Å². The Hall–Kier alpha value is -0.210. The molecule has 0 bridgehead atoms. The summed E-state index contributed by atoms with van der Waals surface area (Å²) in [5.41, 5.74) is 0. The van der Waals surface area contributed by atoms with E-state index in [1.165, 1.54) is 154 Å². The first kappa shape index (κ1) is 39.8. The lowest BCUT2D eigenvalue weighted by molar-refractivity contribution is -0.204. The molecule has 0 aliphatic carbocycles. The smallest absolute Gasteiger partial charge is 0.0828 e. The van der Waals surface area contributed by atoms with Gasteiger partial charge in [-0.2, -0.15) is 0 Å². The summed E-state index contributed by atoms with van der Waals surface area (Å²) in [5, 5.41) is 0. The summed E-state index contributed by atoms with van der Waals surface area (Å²) >= 11 is 0. The van der Waals surface area contributed by atoms with Gasteiger partial charge in [0.1, 0.15) is 0 Å². The second kappa shape index (κ2) is 36.8. The number of hydrogen-bond donors (Lipinski definition) is 0. The van der Waals surface area contributed by atoms with E-state index in [-0.39, 0.29) is 0 Å². The Morgan fingerprint density at radius 2 is 0.625 bits per heavy atom. The van der Waals surface area contributed by atoms with Crippen molar-refractivity contribution in [3.05, 3.63) is 24.3 Å². The molecular formula is C36H70O3P-. The average molecular weight is 582 g/mol. The van der Waals surface area contributed by atoms with Crippen molar-refractivity contribution < 1.29 is 13.9 Å². The highest BCUT2D eigenvalue weighted by atomic mass is 31.2. The Morgan fingerprint density at radius 1 is 0.375 bits per heavy atom. The summed E-state index contributed by atoms with van der Waals surface area (Å²) in [6, 6.07) is 0. The Balaban J connectivity index is 3.22. The molecule has 0 rings (SSSR count). The van der Waals surface area contributed by atoms with Crippen LogP contribution in [0.25, 0.3) is 0 Å². The van der Waals surface area contributed by atoms with Crippen molar-refractivity contribution >= 4 is 8.60 Å². The lowest BCUT2D eigenvalue weighted by Gasteiger charge is -2.22. The fourth-order valence-corrected chi connectivity index (χ4v) is 5.65. The molecular weight excluding hydrogens is 511 g/mol. The lowest BCUT2D eigenvalue weighted by Crippen LogP contribution is -2.05. The molecule has 0 N–H and O–H groups in total. The van der Waals surface area contributed by atoms with Gasteiger partial charge in [0.25, 0.3) is 0 Å². The van der Waals surface area contributed by atoms with E-state index in [1.54, 1.807) is 0 Å². The molecule has 0 aromatic carbocycles. The third-order valence-electron chi connectivity index (χ3n) is 7.71.